The average Bonchev–Trinajstić information content (AvgIpc) is 2.61. The van der Waals surface area contributed by atoms with Crippen molar-refractivity contribution in [3.8, 4) is 29.1 Å². The summed E-state index contributed by atoms with van der Waals surface area (Å²) >= 11 is 0. The summed E-state index contributed by atoms with van der Waals surface area (Å²) < 4.78 is 28.2. The molecule has 0 bridgehead atoms. The first kappa shape index (κ1) is 22.1. The Labute approximate surface area is 167 Å². The van der Waals surface area contributed by atoms with Crippen LogP contribution >= 0.6 is 0 Å². The van der Waals surface area contributed by atoms with E-state index in [1.165, 1.54) is 6.92 Å². The van der Waals surface area contributed by atoms with Crippen LogP contribution in [-0.2, 0) is 14.3 Å². The number of rotatable bonds is 7. The summed E-state index contributed by atoms with van der Waals surface area (Å²) in [5, 5.41) is 0. The summed E-state index contributed by atoms with van der Waals surface area (Å²) in [5.41, 5.74) is 0.537. The molecule has 1 aliphatic rings. The van der Waals surface area contributed by atoms with Crippen molar-refractivity contribution in [1.29, 1.82) is 0 Å². The third-order valence-corrected chi connectivity index (χ3v) is 3.73. The van der Waals surface area contributed by atoms with Gasteiger partial charge in [-0.15, -0.1) is 0 Å². The predicted molar refractivity (Wildman–Crippen MR) is 106 cm³/mol. The van der Waals surface area contributed by atoms with Crippen molar-refractivity contribution in [3.05, 3.63) is 17.7 Å². The number of benzene rings is 1. The molecular weight excluding hydrogens is 360 g/mol. The van der Waals surface area contributed by atoms with Gasteiger partial charge in [-0.1, -0.05) is 11.8 Å². The van der Waals surface area contributed by atoms with Gasteiger partial charge in [0.2, 0.25) is 0 Å². The number of carbonyl (C=O) groups excluding carboxylic acids is 1. The quantitative estimate of drug-likeness (QED) is 0.397. The second kappa shape index (κ2) is 10.9. The Bertz CT molecular complexity index is 708. The van der Waals surface area contributed by atoms with Crippen molar-refractivity contribution in [2.24, 2.45) is 0 Å². The molecule has 28 heavy (non-hydrogen) atoms. The summed E-state index contributed by atoms with van der Waals surface area (Å²) in [6.07, 6.45) is 2.76. The van der Waals surface area contributed by atoms with Crippen molar-refractivity contribution in [3.63, 3.8) is 0 Å². The first-order valence-electron chi connectivity index (χ1n) is 9.77. The van der Waals surface area contributed by atoms with E-state index in [1.807, 2.05) is 27.7 Å². The van der Waals surface area contributed by atoms with Gasteiger partial charge in [0.25, 0.3) is 0 Å². The number of esters is 1. The zero-order chi connectivity index (χ0) is 20.5. The summed E-state index contributed by atoms with van der Waals surface area (Å²) in [5.74, 6) is 6.95. The largest absolute Gasteiger partial charge is 0.487 e. The lowest BCUT2D eigenvalue weighted by Gasteiger charge is -2.21. The topological polar surface area (TPSA) is 63.2 Å². The van der Waals surface area contributed by atoms with E-state index in [9.17, 15) is 4.79 Å². The molecule has 1 fully saturated rings. The highest BCUT2D eigenvalue weighted by Crippen LogP contribution is 2.36. The van der Waals surface area contributed by atoms with Crippen LogP contribution in [0.4, 0.5) is 0 Å². The molecule has 0 aromatic heterocycles. The SMILES string of the molecule is CC(=O)Oc1cc(OC(C)C)c(OC(C)C)cc1C#CCOC1CCCCO1. The van der Waals surface area contributed by atoms with E-state index in [2.05, 4.69) is 11.8 Å². The maximum atomic E-state index is 11.5. The van der Waals surface area contributed by atoms with Gasteiger partial charge < -0.3 is 23.7 Å². The smallest absolute Gasteiger partial charge is 0.308 e. The molecule has 0 amide bonds. The van der Waals surface area contributed by atoms with Crippen LogP contribution in [0.15, 0.2) is 12.1 Å². The van der Waals surface area contributed by atoms with Crippen LogP contribution in [0.2, 0.25) is 0 Å². The molecule has 1 unspecified atom stereocenters. The number of hydrogen-bond donors (Lipinski definition) is 0. The normalized spacial score (nSPS) is 16.5. The number of ether oxygens (including phenoxy) is 5. The molecule has 1 heterocycles. The maximum absolute atomic E-state index is 11.5. The molecule has 1 aliphatic heterocycles. The Morgan fingerprint density at radius 3 is 2.36 bits per heavy atom. The molecule has 154 valence electrons. The zero-order valence-electron chi connectivity index (χ0n) is 17.4. The standard InChI is InChI=1S/C22H30O6/c1-15(2)26-20-13-18(9-8-12-25-22-10-6-7-11-24-22)19(28-17(5)23)14-21(20)27-16(3)4/h13-16,22H,6-7,10-12H2,1-5H3. The first-order chi connectivity index (χ1) is 13.3. The van der Waals surface area contributed by atoms with E-state index in [0.717, 1.165) is 25.9 Å². The van der Waals surface area contributed by atoms with Crippen molar-refractivity contribution in [1.82, 2.24) is 0 Å². The molecular formula is C22H30O6. The van der Waals surface area contributed by atoms with Gasteiger partial charge >= 0.3 is 5.97 Å². The Morgan fingerprint density at radius 2 is 1.79 bits per heavy atom. The summed E-state index contributed by atoms with van der Waals surface area (Å²) in [6, 6.07) is 3.38. The van der Waals surface area contributed by atoms with Gasteiger partial charge in [-0.2, -0.15) is 0 Å². The van der Waals surface area contributed by atoms with E-state index in [4.69, 9.17) is 23.7 Å². The van der Waals surface area contributed by atoms with Gasteiger partial charge in [0.05, 0.1) is 17.8 Å². The monoisotopic (exact) mass is 390 g/mol. The van der Waals surface area contributed by atoms with Gasteiger partial charge in [-0.25, -0.2) is 0 Å². The minimum Gasteiger partial charge on any atom is -0.487 e. The lowest BCUT2D eigenvalue weighted by Crippen LogP contribution is -2.22. The van der Waals surface area contributed by atoms with Crippen molar-refractivity contribution in [2.75, 3.05) is 13.2 Å². The second-order valence-corrected chi connectivity index (χ2v) is 7.13. The first-order valence-corrected chi connectivity index (χ1v) is 9.77. The Kier molecular flexibility index (Phi) is 8.62. The molecule has 1 aromatic carbocycles. The molecule has 1 saturated heterocycles. The molecule has 2 rings (SSSR count). The van der Waals surface area contributed by atoms with Crippen LogP contribution in [0.1, 0.15) is 59.4 Å². The second-order valence-electron chi connectivity index (χ2n) is 7.13. The highest BCUT2D eigenvalue weighted by atomic mass is 16.7. The molecule has 0 aliphatic carbocycles. The average molecular weight is 390 g/mol. The van der Waals surface area contributed by atoms with Crippen molar-refractivity contribution < 1.29 is 28.5 Å². The Balaban J connectivity index is 2.23. The van der Waals surface area contributed by atoms with Crippen LogP contribution in [0.25, 0.3) is 0 Å². The molecule has 6 heteroatoms. The molecule has 1 atom stereocenters. The highest BCUT2D eigenvalue weighted by molar-refractivity contribution is 5.71. The molecule has 0 radical (unpaired) electrons. The van der Waals surface area contributed by atoms with E-state index in [1.54, 1.807) is 12.1 Å². The van der Waals surface area contributed by atoms with E-state index >= 15 is 0 Å². The fourth-order valence-corrected chi connectivity index (χ4v) is 2.68. The molecule has 0 spiro atoms. The molecule has 0 N–H and O–H groups in total. The third kappa shape index (κ3) is 7.41. The lowest BCUT2D eigenvalue weighted by atomic mass is 10.1. The Morgan fingerprint density at radius 1 is 1.11 bits per heavy atom. The van der Waals surface area contributed by atoms with E-state index < -0.39 is 5.97 Å². The van der Waals surface area contributed by atoms with Crippen molar-refractivity contribution in [2.45, 2.75) is 72.4 Å². The molecule has 1 aromatic rings. The third-order valence-electron chi connectivity index (χ3n) is 3.73. The van der Waals surface area contributed by atoms with Gasteiger partial charge in [0.15, 0.2) is 17.8 Å². The summed E-state index contributed by atoms with van der Waals surface area (Å²) in [6.45, 7) is 10.0. The highest BCUT2D eigenvalue weighted by Gasteiger charge is 2.16. The van der Waals surface area contributed by atoms with Gasteiger partial charge in [-0.05, 0) is 47.0 Å². The molecule has 0 saturated carbocycles. The van der Waals surface area contributed by atoms with Gasteiger partial charge in [0, 0.05) is 25.7 Å². The predicted octanol–water partition coefficient (Wildman–Crippen LogP) is 4.08. The van der Waals surface area contributed by atoms with Gasteiger partial charge in [0.1, 0.15) is 12.4 Å². The van der Waals surface area contributed by atoms with E-state index in [0.29, 0.717) is 22.8 Å². The fourth-order valence-electron chi connectivity index (χ4n) is 2.68. The Hall–Kier alpha value is -2.23. The number of carbonyl (C=O) groups is 1. The van der Waals surface area contributed by atoms with E-state index in [-0.39, 0.29) is 25.1 Å². The van der Waals surface area contributed by atoms with Crippen LogP contribution in [0.3, 0.4) is 0 Å². The lowest BCUT2D eigenvalue weighted by molar-refractivity contribution is -0.154. The minimum absolute atomic E-state index is 0.0401. The van der Waals surface area contributed by atoms with Gasteiger partial charge in [-0.3, -0.25) is 4.79 Å². The number of hydrogen-bond acceptors (Lipinski definition) is 6. The minimum atomic E-state index is -0.428. The van der Waals surface area contributed by atoms with Crippen LogP contribution in [0, 0.1) is 11.8 Å². The van der Waals surface area contributed by atoms with Crippen molar-refractivity contribution >= 4 is 5.97 Å². The molecule has 6 nitrogen and oxygen atoms in total. The van der Waals surface area contributed by atoms with Crippen LogP contribution in [0.5, 0.6) is 17.2 Å². The van der Waals surface area contributed by atoms with Crippen LogP contribution < -0.4 is 14.2 Å². The summed E-state index contributed by atoms with van der Waals surface area (Å²) in [4.78, 5) is 11.5. The van der Waals surface area contributed by atoms with Crippen LogP contribution in [-0.4, -0.2) is 37.7 Å². The summed E-state index contributed by atoms with van der Waals surface area (Å²) in [7, 11) is 0. The maximum Gasteiger partial charge on any atom is 0.308 e. The zero-order valence-corrected chi connectivity index (χ0v) is 17.4. The fraction of sp³-hybridized carbons (Fsp3) is 0.591.